The Labute approximate surface area is 175 Å². The van der Waals surface area contributed by atoms with Gasteiger partial charge < -0.3 is 9.47 Å². The molecule has 3 aromatic carbocycles. The molecule has 1 aliphatic rings. The molecule has 0 atom stereocenters. The average Bonchev–Trinajstić information content (AvgIpc) is 3.23. The second kappa shape index (κ2) is 9.09. The number of anilines is 1. The number of allylic oxidation sites excluding steroid dienone is 1. The Hall–Kier alpha value is -3.86. The van der Waals surface area contributed by atoms with E-state index in [0.29, 0.717) is 36.8 Å². The van der Waals surface area contributed by atoms with Crippen LogP contribution in [0.3, 0.4) is 0 Å². The third-order valence-corrected chi connectivity index (χ3v) is 4.77. The SMILES string of the molecule is O=C(C=Cc1ccccc1OCc1ccccc1)c1cccc(N2CCOC2=O)c1. The molecule has 5 heteroatoms. The zero-order chi connectivity index (χ0) is 20.8. The summed E-state index contributed by atoms with van der Waals surface area (Å²) in [7, 11) is 0. The van der Waals surface area contributed by atoms with Crippen LogP contribution in [0.15, 0.2) is 84.9 Å². The fourth-order valence-corrected chi connectivity index (χ4v) is 3.20. The van der Waals surface area contributed by atoms with Gasteiger partial charge in [-0.15, -0.1) is 0 Å². The number of nitrogens with zero attached hydrogens (tertiary/aromatic N) is 1. The van der Waals surface area contributed by atoms with E-state index in [1.807, 2.05) is 54.6 Å². The van der Waals surface area contributed by atoms with Crippen LogP contribution in [-0.4, -0.2) is 25.0 Å². The summed E-state index contributed by atoms with van der Waals surface area (Å²) in [4.78, 5) is 26.0. The summed E-state index contributed by atoms with van der Waals surface area (Å²) in [5, 5.41) is 0. The monoisotopic (exact) mass is 399 g/mol. The highest BCUT2D eigenvalue weighted by Crippen LogP contribution is 2.23. The Morgan fingerprint density at radius 3 is 2.60 bits per heavy atom. The molecule has 0 saturated carbocycles. The molecule has 4 rings (SSSR count). The van der Waals surface area contributed by atoms with Crippen LogP contribution in [0.4, 0.5) is 10.5 Å². The lowest BCUT2D eigenvalue weighted by molar-refractivity contribution is 0.104. The molecule has 0 N–H and O–H groups in total. The smallest absolute Gasteiger partial charge is 0.414 e. The predicted octanol–water partition coefficient (Wildman–Crippen LogP) is 5.12. The molecule has 0 unspecified atom stereocenters. The van der Waals surface area contributed by atoms with Crippen molar-refractivity contribution in [2.24, 2.45) is 0 Å². The van der Waals surface area contributed by atoms with Crippen molar-refractivity contribution in [3.8, 4) is 5.75 Å². The maximum atomic E-state index is 12.7. The van der Waals surface area contributed by atoms with Gasteiger partial charge >= 0.3 is 6.09 Å². The molecule has 1 saturated heterocycles. The third kappa shape index (κ3) is 4.58. The van der Waals surface area contributed by atoms with Crippen molar-refractivity contribution in [3.63, 3.8) is 0 Å². The lowest BCUT2D eigenvalue weighted by Gasteiger charge is -2.13. The largest absolute Gasteiger partial charge is 0.488 e. The van der Waals surface area contributed by atoms with Gasteiger partial charge in [0.05, 0.1) is 6.54 Å². The predicted molar refractivity (Wildman–Crippen MR) is 116 cm³/mol. The minimum Gasteiger partial charge on any atom is -0.488 e. The number of cyclic esters (lactones) is 1. The Kier molecular flexibility index (Phi) is 5.90. The van der Waals surface area contributed by atoms with Gasteiger partial charge in [-0.2, -0.15) is 0 Å². The van der Waals surface area contributed by atoms with Gasteiger partial charge in [-0.3, -0.25) is 9.69 Å². The van der Waals surface area contributed by atoms with Gasteiger partial charge in [-0.1, -0.05) is 60.7 Å². The van der Waals surface area contributed by atoms with E-state index in [2.05, 4.69) is 0 Å². The van der Waals surface area contributed by atoms with E-state index in [4.69, 9.17) is 9.47 Å². The van der Waals surface area contributed by atoms with Crippen molar-refractivity contribution in [3.05, 3.63) is 102 Å². The zero-order valence-corrected chi connectivity index (χ0v) is 16.4. The van der Waals surface area contributed by atoms with Crippen LogP contribution in [0.2, 0.25) is 0 Å². The lowest BCUT2D eigenvalue weighted by atomic mass is 10.1. The summed E-state index contributed by atoms with van der Waals surface area (Å²) in [5.41, 5.74) is 3.06. The number of ether oxygens (including phenoxy) is 2. The maximum Gasteiger partial charge on any atom is 0.414 e. The maximum absolute atomic E-state index is 12.7. The minimum absolute atomic E-state index is 0.151. The van der Waals surface area contributed by atoms with Crippen LogP contribution in [0.25, 0.3) is 6.08 Å². The topological polar surface area (TPSA) is 55.8 Å². The van der Waals surface area contributed by atoms with Crippen molar-refractivity contribution in [2.45, 2.75) is 6.61 Å². The Bertz CT molecular complexity index is 1080. The van der Waals surface area contributed by atoms with Crippen LogP contribution >= 0.6 is 0 Å². The number of amides is 1. The zero-order valence-electron chi connectivity index (χ0n) is 16.4. The van der Waals surface area contributed by atoms with Crippen LogP contribution in [-0.2, 0) is 11.3 Å². The number of benzene rings is 3. The normalized spacial score (nSPS) is 13.5. The first kappa shape index (κ1) is 19.5. The molecular formula is C25H21NO4. The number of hydrogen-bond acceptors (Lipinski definition) is 4. The molecule has 1 aliphatic heterocycles. The van der Waals surface area contributed by atoms with Gasteiger partial charge in [0.2, 0.25) is 0 Å². The molecule has 0 spiro atoms. The van der Waals surface area contributed by atoms with E-state index in [1.165, 1.54) is 11.0 Å². The summed E-state index contributed by atoms with van der Waals surface area (Å²) in [6, 6.07) is 24.5. The summed E-state index contributed by atoms with van der Waals surface area (Å²) in [5.74, 6) is 0.557. The third-order valence-electron chi connectivity index (χ3n) is 4.77. The first-order chi connectivity index (χ1) is 14.7. The number of para-hydroxylation sites is 1. The highest BCUT2D eigenvalue weighted by Gasteiger charge is 2.23. The van der Waals surface area contributed by atoms with Crippen molar-refractivity contribution >= 4 is 23.6 Å². The summed E-state index contributed by atoms with van der Waals surface area (Å²) in [6.45, 7) is 1.29. The molecule has 1 fully saturated rings. The number of ketones is 1. The fraction of sp³-hybridized carbons (Fsp3) is 0.120. The van der Waals surface area contributed by atoms with Crippen LogP contribution in [0.5, 0.6) is 5.75 Å². The van der Waals surface area contributed by atoms with Crippen LogP contribution in [0, 0.1) is 0 Å². The molecule has 1 heterocycles. The average molecular weight is 399 g/mol. The molecular weight excluding hydrogens is 378 g/mol. The van der Waals surface area contributed by atoms with Crippen LogP contribution < -0.4 is 9.64 Å². The number of hydrogen-bond donors (Lipinski definition) is 0. The molecule has 1 amide bonds. The highest BCUT2D eigenvalue weighted by molar-refractivity contribution is 6.07. The summed E-state index contributed by atoms with van der Waals surface area (Å²) < 4.78 is 10.9. The Morgan fingerprint density at radius 1 is 1.00 bits per heavy atom. The minimum atomic E-state index is -0.389. The van der Waals surface area contributed by atoms with Gasteiger partial charge in [-0.05, 0) is 35.9 Å². The first-order valence-electron chi connectivity index (χ1n) is 9.73. The number of carbonyl (C=O) groups is 2. The van der Waals surface area contributed by atoms with Crippen molar-refractivity contribution < 1.29 is 19.1 Å². The molecule has 0 aliphatic carbocycles. The molecule has 0 bridgehead atoms. The van der Waals surface area contributed by atoms with E-state index in [1.54, 1.807) is 30.3 Å². The van der Waals surface area contributed by atoms with E-state index in [0.717, 1.165) is 11.1 Å². The van der Waals surface area contributed by atoms with Crippen LogP contribution in [0.1, 0.15) is 21.5 Å². The second-order valence-corrected chi connectivity index (χ2v) is 6.83. The molecule has 5 nitrogen and oxygen atoms in total. The molecule has 0 aromatic heterocycles. The molecule has 150 valence electrons. The van der Waals surface area contributed by atoms with E-state index in [9.17, 15) is 9.59 Å². The van der Waals surface area contributed by atoms with E-state index >= 15 is 0 Å². The summed E-state index contributed by atoms with van der Waals surface area (Å²) >= 11 is 0. The quantitative estimate of drug-likeness (QED) is 0.409. The summed E-state index contributed by atoms with van der Waals surface area (Å²) in [6.07, 6.45) is 2.88. The van der Waals surface area contributed by atoms with Gasteiger partial charge in [0.1, 0.15) is 19.0 Å². The Morgan fingerprint density at radius 2 is 1.80 bits per heavy atom. The molecule has 3 aromatic rings. The molecule has 0 radical (unpaired) electrons. The number of carbonyl (C=O) groups excluding carboxylic acids is 2. The number of rotatable bonds is 7. The van der Waals surface area contributed by atoms with Crippen molar-refractivity contribution in [1.29, 1.82) is 0 Å². The van der Waals surface area contributed by atoms with E-state index < -0.39 is 0 Å². The van der Waals surface area contributed by atoms with Gasteiger partial charge in [0.25, 0.3) is 0 Å². The van der Waals surface area contributed by atoms with Gasteiger partial charge in [-0.25, -0.2) is 4.79 Å². The molecule has 30 heavy (non-hydrogen) atoms. The lowest BCUT2D eigenvalue weighted by Crippen LogP contribution is -2.23. The van der Waals surface area contributed by atoms with Crippen molar-refractivity contribution in [2.75, 3.05) is 18.1 Å². The highest BCUT2D eigenvalue weighted by atomic mass is 16.6. The first-order valence-corrected chi connectivity index (χ1v) is 9.73. The fourth-order valence-electron chi connectivity index (χ4n) is 3.20. The van der Waals surface area contributed by atoms with Gasteiger partial charge in [0.15, 0.2) is 5.78 Å². The second-order valence-electron chi connectivity index (χ2n) is 6.83. The Balaban J connectivity index is 1.47. The van der Waals surface area contributed by atoms with Crippen molar-refractivity contribution in [1.82, 2.24) is 0 Å². The van der Waals surface area contributed by atoms with E-state index in [-0.39, 0.29) is 11.9 Å². The standard InChI is InChI=1S/C25H21NO4/c27-23(21-10-6-11-22(17-21)26-15-16-29-25(26)28)14-13-20-9-4-5-12-24(20)30-18-19-7-2-1-3-8-19/h1-14,17H,15-16,18H2. The van der Waals surface area contributed by atoms with Gasteiger partial charge in [0, 0.05) is 16.8 Å².